The number of carboxylic acid groups (broad SMARTS) is 1. The van der Waals surface area contributed by atoms with E-state index in [1.54, 1.807) is 27.7 Å². The molecule has 0 spiro atoms. The van der Waals surface area contributed by atoms with Crippen LogP contribution >= 0.6 is 37.9 Å². The highest BCUT2D eigenvalue weighted by atomic mass is 32.1. The fourth-order valence-electron chi connectivity index (χ4n) is 3.50. The highest BCUT2D eigenvalue weighted by Gasteiger charge is 2.35. The Morgan fingerprint density at radius 2 is 1.02 bits per heavy atom. The van der Waals surface area contributed by atoms with E-state index in [2.05, 4.69) is 69.8 Å². The number of thiol groups is 3. The summed E-state index contributed by atoms with van der Waals surface area (Å²) in [4.78, 5) is 87.1. The Morgan fingerprint density at radius 1 is 0.628 bits per heavy atom. The molecule has 0 rings (SSSR count). The third-order valence-corrected chi connectivity index (χ3v) is 7.76. The van der Waals surface area contributed by atoms with Crippen LogP contribution in [0.4, 0.5) is 0 Å². The predicted octanol–water partition coefficient (Wildman–Crippen LogP) is -2.55. The average Bonchev–Trinajstić information content (AvgIpc) is 2.99. The zero-order chi connectivity index (χ0) is 33.3. The van der Waals surface area contributed by atoms with Crippen molar-refractivity contribution in [3.05, 3.63) is 0 Å². The second-order valence-electron chi connectivity index (χ2n) is 9.85. The van der Waals surface area contributed by atoms with Crippen molar-refractivity contribution in [1.82, 2.24) is 31.9 Å². The molecule has 0 aliphatic rings. The van der Waals surface area contributed by atoms with Gasteiger partial charge < -0.3 is 42.7 Å². The van der Waals surface area contributed by atoms with Crippen molar-refractivity contribution in [1.29, 1.82) is 0 Å². The Bertz CT molecular complexity index is 991. The highest BCUT2D eigenvalue weighted by Crippen LogP contribution is 2.13. The van der Waals surface area contributed by atoms with Gasteiger partial charge in [0.1, 0.15) is 30.2 Å². The number of hydrogen-bond acceptors (Lipinski definition) is 11. The topological polar surface area (TPSA) is 238 Å². The van der Waals surface area contributed by atoms with Crippen LogP contribution in [0.15, 0.2) is 0 Å². The van der Waals surface area contributed by atoms with Gasteiger partial charge in [0.05, 0.1) is 13.1 Å². The van der Waals surface area contributed by atoms with Gasteiger partial charge in [0.25, 0.3) is 0 Å². The van der Waals surface area contributed by atoms with Crippen molar-refractivity contribution in [2.75, 3.05) is 30.3 Å². The van der Waals surface area contributed by atoms with Crippen molar-refractivity contribution < 1.29 is 38.7 Å². The minimum atomic E-state index is -1.28. The van der Waals surface area contributed by atoms with Gasteiger partial charge in [-0.05, 0) is 11.8 Å². The van der Waals surface area contributed by atoms with Crippen LogP contribution in [0.5, 0.6) is 0 Å². The summed E-state index contributed by atoms with van der Waals surface area (Å²) in [5, 5.41) is 24.0. The summed E-state index contributed by atoms with van der Waals surface area (Å²) in [6.45, 7) is 6.30. The lowest BCUT2D eigenvalue weighted by Crippen LogP contribution is -2.61. The number of carbonyl (C=O) groups is 7. The Balaban J connectivity index is 5.67. The maximum Gasteiger partial charge on any atom is 0.327 e. The van der Waals surface area contributed by atoms with Crippen LogP contribution in [0.2, 0.25) is 0 Å². The van der Waals surface area contributed by atoms with E-state index in [4.69, 9.17) is 5.73 Å². The third-order valence-electron chi connectivity index (χ3n) is 6.66. The molecule has 0 aromatic carbocycles. The summed E-state index contributed by atoms with van der Waals surface area (Å²) in [6, 6.07) is -5.86. The van der Waals surface area contributed by atoms with Crippen molar-refractivity contribution in [3.63, 3.8) is 0 Å². The molecule has 246 valence electrons. The standard InChI is InChI=1S/C25H45N7O8S3/c1-5-12(3)19(23(37)30-16(11-43)25(39)40)32-24(38)20(13(4)6-2)31-22(36)15(10-42)29-21(35)14(9-41)28-18(34)8-27-17(33)7-26/h12-16,19-20,41-43H,5-11,26H2,1-4H3,(H,27,33)(H,28,34)(H,29,35)(H,30,37)(H,31,36)(H,32,38)(H,39,40). The summed E-state index contributed by atoms with van der Waals surface area (Å²) in [5.74, 6) is -6.63. The minimum absolute atomic E-state index is 0.129. The van der Waals surface area contributed by atoms with Gasteiger partial charge in [-0.15, -0.1) is 0 Å². The quantitative estimate of drug-likeness (QED) is 0.0612. The summed E-state index contributed by atoms with van der Waals surface area (Å²) in [7, 11) is 0. The largest absolute Gasteiger partial charge is 0.480 e. The Kier molecular flexibility index (Phi) is 19.8. The smallest absolute Gasteiger partial charge is 0.327 e. The number of carbonyl (C=O) groups excluding carboxylic acids is 6. The molecule has 0 aliphatic carbocycles. The first-order valence-corrected chi connectivity index (χ1v) is 15.6. The molecule has 18 heteroatoms. The van der Waals surface area contributed by atoms with Gasteiger partial charge >= 0.3 is 5.97 Å². The normalized spacial score (nSPS) is 15.7. The summed E-state index contributed by atoms with van der Waals surface area (Å²) < 4.78 is 0. The minimum Gasteiger partial charge on any atom is -0.480 e. The monoisotopic (exact) mass is 667 g/mol. The van der Waals surface area contributed by atoms with E-state index in [1.807, 2.05) is 0 Å². The third kappa shape index (κ3) is 14.1. The summed E-state index contributed by atoms with van der Waals surface area (Å²) in [6.07, 6.45) is 0.943. The number of nitrogens with one attached hydrogen (secondary N) is 6. The number of nitrogens with two attached hydrogens (primary N) is 1. The Labute approximate surface area is 268 Å². The van der Waals surface area contributed by atoms with Gasteiger partial charge in [0.15, 0.2) is 0 Å². The molecule has 7 unspecified atom stereocenters. The average molecular weight is 668 g/mol. The van der Waals surface area contributed by atoms with Gasteiger partial charge in [0, 0.05) is 17.3 Å². The lowest BCUT2D eigenvalue weighted by molar-refractivity contribution is -0.142. The Morgan fingerprint density at radius 3 is 1.44 bits per heavy atom. The molecule has 43 heavy (non-hydrogen) atoms. The van der Waals surface area contributed by atoms with Crippen molar-refractivity contribution in [2.45, 2.75) is 70.7 Å². The van der Waals surface area contributed by atoms with E-state index >= 15 is 0 Å². The first-order valence-electron chi connectivity index (χ1n) is 13.7. The molecule has 0 saturated carbocycles. The van der Waals surface area contributed by atoms with E-state index in [0.29, 0.717) is 12.8 Å². The van der Waals surface area contributed by atoms with Crippen LogP contribution in [-0.2, 0) is 33.6 Å². The van der Waals surface area contributed by atoms with E-state index in [1.165, 1.54) is 0 Å². The van der Waals surface area contributed by atoms with Crippen LogP contribution in [0.1, 0.15) is 40.5 Å². The lowest BCUT2D eigenvalue weighted by atomic mass is 9.94. The van der Waals surface area contributed by atoms with Crippen molar-refractivity contribution >= 4 is 79.3 Å². The molecule has 6 amide bonds. The number of amides is 6. The van der Waals surface area contributed by atoms with Crippen LogP contribution in [0.3, 0.4) is 0 Å². The van der Waals surface area contributed by atoms with Crippen molar-refractivity contribution in [3.8, 4) is 0 Å². The molecule has 0 heterocycles. The van der Waals surface area contributed by atoms with Crippen LogP contribution in [0.25, 0.3) is 0 Å². The number of rotatable bonds is 20. The molecule has 0 saturated heterocycles. The second kappa shape index (κ2) is 21.1. The molecule has 0 bridgehead atoms. The summed E-state index contributed by atoms with van der Waals surface area (Å²) in [5.41, 5.74) is 5.17. The number of carboxylic acids is 1. The zero-order valence-electron chi connectivity index (χ0n) is 24.7. The molecule has 0 aliphatic heterocycles. The predicted molar refractivity (Wildman–Crippen MR) is 170 cm³/mol. The molecule has 0 radical (unpaired) electrons. The molecular weight excluding hydrogens is 623 g/mol. The van der Waals surface area contributed by atoms with Crippen molar-refractivity contribution in [2.24, 2.45) is 17.6 Å². The summed E-state index contributed by atoms with van der Waals surface area (Å²) >= 11 is 12.2. The van der Waals surface area contributed by atoms with Gasteiger partial charge in [-0.25, -0.2) is 4.79 Å². The molecular formula is C25H45N7O8S3. The van der Waals surface area contributed by atoms with Crippen LogP contribution in [0, 0.1) is 11.8 Å². The van der Waals surface area contributed by atoms with Crippen LogP contribution in [-0.4, -0.2) is 107 Å². The van der Waals surface area contributed by atoms with E-state index in [0.717, 1.165) is 0 Å². The van der Waals surface area contributed by atoms with Gasteiger partial charge in [0.2, 0.25) is 35.4 Å². The highest BCUT2D eigenvalue weighted by molar-refractivity contribution is 7.80. The molecule has 0 aromatic rings. The van der Waals surface area contributed by atoms with Gasteiger partial charge in [-0.1, -0.05) is 40.5 Å². The molecule has 7 atom stereocenters. The van der Waals surface area contributed by atoms with E-state index in [9.17, 15) is 38.7 Å². The van der Waals surface area contributed by atoms with Gasteiger partial charge in [-0.2, -0.15) is 37.9 Å². The number of hydrogen-bond donors (Lipinski definition) is 11. The zero-order valence-corrected chi connectivity index (χ0v) is 27.4. The van der Waals surface area contributed by atoms with Crippen LogP contribution < -0.4 is 37.6 Å². The SMILES string of the molecule is CCC(C)C(NC(=O)C(CS)NC(=O)C(CS)NC(=O)CNC(=O)CN)C(=O)NC(C(=O)NC(CS)C(=O)O)C(C)CC. The Hall–Kier alpha value is -2.70. The first-order chi connectivity index (χ1) is 20.2. The van der Waals surface area contributed by atoms with Gasteiger partial charge in [-0.3, -0.25) is 28.8 Å². The van der Waals surface area contributed by atoms with E-state index < -0.39 is 84.1 Å². The lowest BCUT2D eigenvalue weighted by Gasteiger charge is -2.30. The fourth-order valence-corrected chi connectivity index (χ4v) is 4.27. The fraction of sp³-hybridized carbons (Fsp3) is 0.720. The molecule has 0 fully saturated rings. The molecule has 15 nitrogen and oxygen atoms in total. The number of aliphatic carboxylic acids is 1. The maximum absolute atomic E-state index is 13.4. The maximum atomic E-state index is 13.4. The second-order valence-corrected chi connectivity index (χ2v) is 10.9. The molecule has 9 N–H and O–H groups in total. The molecule has 0 aromatic heterocycles. The first kappa shape index (κ1) is 40.3. The van der Waals surface area contributed by atoms with E-state index in [-0.39, 0.29) is 29.7 Å².